The molecule has 0 atom stereocenters. The van der Waals surface area contributed by atoms with Gasteiger partial charge in [-0.1, -0.05) is 48.0 Å². The Labute approximate surface area is 135 Å². The third-order valence-corrected chi connectivity index (χ3v) is 5.09. The molecule has 0 aliphatic rings. The SMILES string of the molecule is Cc1ccc(S(=O)(=O)N(CC(=O)Cl)Cc2ccccc2)cc1. The number of hydrogen-bond acceptors (Lipinski definition) is 3. The lowest BCUT2D eigenvalue weighted by molar-refractivity contribution is -0.111. The first kappa shape index (κ1) is 16.7. The van der Waals surface area contributed by atoms with Gasteiger partial charge in [0.1, 0.15) is 0 Å². The summed E-state index contributed by atoms with van der Waals surface area (Å²) in [5, 5.41) is -0.716. The van der Waals surface area contributed by atoms with Gasteiger partial charge < -0.3 is 0 Å². The number of nitrogens with zero attached hydrogens (tertiary/aromatic N) is 1. The van der Waals surface area contributed by atoms with Gasteiger partial charge in [-0.3, -0.25) is 4.79 Å². The fraction of sp³-hybridized carbons (Fsp3) is 0.188. The second-order valence-electron chi connectivity index (χ2n) is 4.93. The van der Waals surface area contributed by atoms with Crippen molar-refractivity contribution in [2.75, 3.05) is 6.54 Å². The molecule has 0 fully saturated rings. The largest absolute Gasteiger partial charge is 0.280 e. The van der Waals surface area contributed by atoms with Crippen LogP contribution in [-0.4, -0.2) is 24.5 Å². The summed E-state index contributed by atoms with van der Waals surface area (Å²) in [6.07, 6.45) is 0. The van der Waals surface area contributed by atoms with Gasteiger partial charge in [0.15, 0.2) is 0 Å². The number of sulfonamides is 1. The van der Waals surface area contributed by atoms with Gasteiger partial charge >= 0.3 is 0 Å². The highest BCUT2D eigenvalue weighted by molar-refractivity contribution is 7.89. The molecule has 0 N–H and O–H groups in total. The van der Waals surface area contributed by atoms with Crippen LogP contribution in [0.1, 0.15) is 11.1 Å². The van der Waals surface area contributed by atoms with Crippen LogP contribution >= 0.6 is 11.6 Å². The Bertz CT molecular complexity index is 743. The number of benzene rings is 2. The van der Waals surface area contributed by atoms with Crippen molar-refractivity contribution in [1.82, 2.24) is 4.31 Å². The van der Waals surface area contributed by atoms with E-state index < -0.39 is 15.3 Å². The minimum atomic E-state index is -3.78. The molecule has 116 valence electrons. The highest BCUT2D eigenvalue weighted by Gasteiger charge is 2.26. The van der Waals surface area contributed by atoms with Crippen LogP contribution in [0.5, 0.6) is 0 Å². The zero-order valence-electron chi connectivity index (χ0n) is 12.1. The van der Waals surface area contributed by atoms with Crippen molar-refractivity contribution >= 4 is 26.9 Å². The van der Waals surface area contributed by atoms with E-state index in [-0.39, 0.29) is 18.0 Å². The summed E-state index contributed by atoms with van der Waals surface area (Å²) < 4.78 is 26.5. The molecule has 0 aliphatic heterocycles. The number of rotatable bonds is 6. The van der Waals surface area contributed by atoms with Gasteiger partial charge in [-0.15, -0.1) is 0 Å². The van der Waals surface area contributed by atoms with Crippen molar-refractivity contribution in [3.05, 3.63) is 65.7 Å². The molecule has 2 rings (SSSR count). The molecule has 22 heavy (non-hydrogen) atoms. The fourth-order valence-corrected chi connectivity index (χ4v) is 3.61. The van der Waals surface area contributed by atoms with Crippen molar-refractivity contribution in [2.45, 2.75) is 18.4 Å². The second kappa shape index (κ2) is 7.05. The van der Waals surface area contributed by atoms with Crippen molar-refractivity contribution in [1.29, 1.82) is 0 Å². The maximum absolute atomic E-state index is 12.7. The Balaban J connectivity index is 2.35. The lowest BCUT2D eigenvalue weighted by Gasteiger charge is -2.20. The Kier molecular flexibility index (Phi) is 5.34. The van der Waals surface area contributed by atoms with Crippen LogP contribution in [0, 0.1) is 6.92 Å². The molecule has 0 amide bonds. The van der Waals surface area contributed by atoms with Crippen LogP contribution in [0.2, 0.25) is 0 Å². The monoisotopic (exact) mass is 337 g/mol. The Morgan fingerprint density at radius 3 is 2.18 bits per heavy atom. The quantitative estimate of drug-likeness (QED) is 0.761. The van der Waals surface area contributed by atoms with E-state index in [2.05, 4.69) is 0 Å². The fourth-order valence-electron chi connectivity index (χ4n) is 2.01. The molecular weight excluding hydrogens is 322 g/mol. The number of hydrogen-bond donors (Lipinski definition) is 0. The van der Waals surface area contributed by atoms with Gasteiger partial charge in [-0.2, -0.15) is 4.31 Å². The van der Waals surface area contributed by atoms with Gasteiger partial charge in [0.05, 0.1) is 11.4 Å². The number of carbonyl (C=O) groups excluding carboxylic acids is 1. The maximum atomic E-state index is 12.7. The van der Waals surface area contributed by atoms with E-state index in [1.165, 1.54) is 12.1 Å². The standard InChI is InChI=1S/C16H16ClNO3S/c1-13-7-9-15(10-8-13)22(20,21)18(12-16(17)19)11-14-5-3-2-4-6-14/h2-10H,11-12H2,1H3. The van der Waals surface area contributed by atoms with Gasteiger partial charge in [0, 0.05) is 6.54 Å². The zero-order valence-corrected chi connectivity index (χ0v) is 13.6. The third-order valence-electron chi connectivity index (χ3n) is 3.16. The van der Waals surface area contributed by atoms with Crippen molar-refractivity contribution in [3.63, 3.8) is 0 Å². The van der Waals surface area contributed by atoms with Crippen molar-refractivity contribution in [2.24, 2.45) is 0 Å². The Morgan fingerprint density at radius 2 is 1.64 bits per heavy atom. The number of halogens is 1. The van der Waals surface area contributed by atoms with Gasteiger partial charge in [0.2, 0.25) is 15.3 Å². The van der Waals surface area contributed by atoms with Crippen LogP contribution in [0.25, 0.3) is 0 Å². The van der Waals surface area contributed by atoms with Gasteiger partial charge in [-0.25, -0.2) is 8.42 Å². The Morgan fingerprint density at radius 1 is 1.05 bits per heavy atom. The molecule has 0 aliphatic carbocycles. The summed E-state index contributed by atoms with van der Waals surface area (Å²) in [7, 11) is -3.78. The highest BCUT2D eigenvalue weighted by atomic mass is 35.5. The van der Waals surface area contributed by atoms with Crippen LogP contribution in [0.3, 0.4) is 0 Å². The van der Waals surface area contributed by atoms with E-state index in [0.29, 0.717) is 0 Å². The second-order valence-corrected chi connectivity index (χ2v) is 7.29. The number of aryl methyl sites for hydroxylation is 1. The van der Waals surface area contributed by atoms with Crippen molar-refractivity contribution < 1.29 is 13.2 Å². The van der Waals surface area contributed by atoms with E-state index in [1.807, 2.05) is 25.1 Å². The van der Waals surface area contributed by atoms with E-state index in [4.69, 9.17) is 11.6 Å². The summed E-state index contributed by atoms with van der Waals surface area (Å²) in [5.41, 5.74) is 1.75. The average Bonchev–Trinajstić information content (AvgIpc) is 2.47. The average molecular weight is 338 g/mol. The van der Waals surface area contributed by atoms with E-state index in [0.717, 1.165) is 15.4 Å². The van der Waals surface area contributed by atoms with Crippen LogP contribution in [-0.2, 0) is 21.4 Å². The predicted octanol–water partition coefficient (Wildman–Crippen LogP) is 2.95. The number of carbonyl (C=O) groups is 1. The molecule has 0 saturated heterocycles. The zero-order chi connectivity index (χ0) is 16.2. The van der Waals surface area contributed by atoms with Crippen LogP contribution in [0.4, 0.5) is 0 Å². The molecule has 0 bridgehead atoms. The van der Waals surface area contributed by atoms with Gasteiger partial charge in [0.25, 0.3) is 0 Å². The normalized spacial score (nSPS) is 11.6. The summed E-state index contributed by atoms with van der Waals surface area (Å²) in [4.78, 5) is 11.4. The van der Waals surface area contributed by atoms with Crippen LogP contribution < -0.4 is 0 Å². The van der Waals surface area contributed by atoms with Crippen molar-refractivity contribution in [3.8, 4) is 0 Å². The molecule has 0 heterocycles. The maximum Gasteiger partial charge on any atom is 0.243 e. The lowest BCUT2D eigenvalue weighted by atomic mass is 10.2. The minimum absolute atomic E-state index is 0.0928. The summed E-state index contributed by atoms with van der Waals surface area (Å²) in [5.74, 6) is 0. The molecule has 0 unspecified atom stereocenters. The summed E-state index contributed by atoms with van der Waals surface area (Å²) in [6, 6.07) is 15.6. The van der Waals surface area contributed by atoms with Gasteiger partial charge in [-0.05, 0) is 36.2 Å². The molecule has 0 spiro atoms. The lowest BCUT2D eigenvalue weighted by Crippen LogP contribution is -2.34. The molecule has 0 aromatic heterocycles. The summed E-state index contributed by atoms with van der Waals surface area (Å²) in [6.45, 7) is 1.60. The van der Waals surface area contributed by atoms with E-state index >= 15 is 0 Å². The smallest absolute Gasteiger partial charge is 0.243 e. The first-order valence-electron chi connectivity index (χ1n) is 6.68. The third kappa shape index (κ3) is 4.16. The predicted molar refractivity (Wildman–Crippen MR) is 86.1 cm³/mol. The molecular formula is C16H16ClNO3S. The van der Waals surface area contributed by atoms with E-state index in [9.17, 15) is 13.2 Å². The minimum Gasteiger partial charge on any atom is -0.280 e. The molecule has 2 aromatic rings. The molecule has 0 radical (unpaired) electrons. The van der Waals surface area contributed by atoms with Crippen LogP contribution in [0.15, 0.2) is 59.5 Å². The molecule has 0 saturated carbocycles. The first-order valence-corrected chi connectivity index (χ1v) is 8.50. The first-order chi connectivity index (χ1) is 10.4. The highest BCUT2D eigenvalue weighted by Crippen LogP contribution is 2.19. The molecule has 6 heteroatoms. The summed E-state index contributed by atoms with van der Waals surface area (Å²) >= 11 is 5.41. The van der Waals surface area contributed by atoms with E-state index in [1.54, 1.807) is 24.3 Å². The molecule has 4 nitrogen and oxygen atoms in total. The topological polar surface area (TPSA) is 54.5 Å². The Hall–Kier alpha value is -1.69. The molecule has 2 aromatic carbocycles.